The molecule has 0 bridgehead atoms. The second-order valence-electron chi connectivity index (χ2n) is 8.45. The average molecular weight is 505 g/mol. The molecule has 1 N–H and O–H groups in total. The highest BCUT2D eigenvalue weighted by molar-refractivity contribution is 7.98. The topological polar surface area (TPSA) is 78.3 Å². The molecule has 7 nitrogen and oxygen atoms in total. The molecule has 1 amide bonds. The monoisotopic (exact) mass is 504 g/mol. The normalized spacial score (nSPS) is 12.9. The second kappa shape index (κ2) is 10.8. The van der Waals surface area contributed by atoms with E-state index in [-0.39, 0.29) is 24.9 Å². The number of nitrogens with one attached hydrogen (secondary N) is 1. The van der Waals surface area contributed by atoms with Crippen molar-refractivity contribution < 1.29 is 18.7 Å². The number of benzene rings is 3. The van der Waals surface area contributed by atoms with Gasteiger partial charge in [-0.2, -0.15) is 0 Å². The molecule has 0 saturated heterocycles. The zero-order valence-corrected chi connectivity index (χ0v) is 20.5. The van der Waals surface area contributed by atoms with Crippen LogP contribution in [0.3, 0.4) is 0 Å². The van der Waals surface area contributed by atoms with Gasteiger partial charge >= 0.3 is 0 Å². The van der Waals surface area contributed by atoms with E-state index in [1.807, 2.05) is 66.2 Å². The standard InChI is InChI=1S/C27H25FN4O3S/c1-32-26(30-31-27(32)36-16-20-9-5-6-10-21(20)28)22(13-18-7-3-2-4-8-18)29-25(33)15-19-11-12-23-24(14-19)35-17-34-23/h2-12,14,22H,13,15-17H2,1H3,(H,29,33)/t22-/m0/s1. The van der Waals surface area contributed by atoms with Gasteiger partial charge < -0.3 is 19.4 Å². The average Bonchev–Trinajstić information content (AvgIpc) is 3.50. The minimum absolute atomic E-state index is 0.140. The van der Waals surface area contributed by atoms with Crippen LogP contribution in [0, 0.1) is 5.82 Å². The van der Waals surface area contributed by atoms with Crippen LogP contribution in [-0.2, 0) is 30.4 Å². The van der Waals surface area contributed by atoms with Gasteiger partial charge in [-0.15, -0.1) is 10.2 Å². The lowest BCUT2D eigenvalue weighted by Crippen LogP contribution is -2.33. The molecule has 0 saturated carbocycles. The van der Waals surface area contributed by atoms with Gasteiger partial charge in [0.2, 0.25) is 12.7 Å². The van der Waals surface area contributed by atoms with Gasteiger partial charge in [-0.1, -0.05) is 66.4 Å². The number of halogens is 1. The summed E-state index contributed by atoms with van der Waals surface area (Å²) in [4.78, 5) is 13.1. The summed E-state index contributed by atoms with van der Waals surface area (Å²) in [6.45, 7) is 0.188. The Morgan fingerprint density at radius 3 is 2.64 bits per heavy atom. The van der Waals surface area contributed by atoms with Gasteiger partial charge in [-0.05, 0) is 41.3 Å². The van der Waals surface area contributed by atoms with Gasteiger partial charge in [-0.3, -0.25) is 4.79 Å². The van der Waals surface area contributed by atoms with E-state index in [9.17, 15) is 9.18 Å². The predicted molar refractivity (Wildman–Crippen MR) is 134 cm³/mol. The zero-order valence-electron chi connectivity index (χ0n) is 19.7. The number of aromatic nitrogens is 3. The molecule has 9 heteroatoms. The molecule has 184 valence electrons. The van der Waals surface area contributed by atoms with E-state index in [1.54, 1.807) is 12.1 Å². The first kappa shape index (κ1) is 23.9. The van der Waals surface area contributed by atoms with Crippen molar-refractivity contribution in [1.29, 1.82) is 0 Å². The zero-order chi connectivity index (χ0) is 24.9. The smallest absolute Gasteiger partial charge is 0.231 e. The maximum atomic E-state index is 14.0. The lowest BCUT2D eigenvalue weighted by atomic mass is 10.0. The summed E-state index contributed by atoms with van der Waals surface area (Å²) in [6.07, 6.45) is 0.742. The van der Waals surface area contributed by atoms with Gasteiger partial charge in [-0.25, -0.2) is 4.39 Å². The highest BCUT2D eigenvalue weighted by atomic mass is 32.2. The van der Waals surface area contributed by atoms with E-state index in [2.05, 4.69) is 15.5 Å². The van der Waals surface area contributed by atoms with Crippen LogP contribution in [0.1, 0.15) is 28.6 Å². The van der Waals surface area contributed by atoms with Crippen LogP contribution in [-0.4, -0.2) is 27.5 Å². The molecule has 1 aromatic heterocycles. The number of ether oxygens (including phenoxy) is 2. The van der Waals surface area contributed by atoms with Gasteiger partial charge in [0.05, 0.1) is 12.5 Å². The maximum Gasteiger partial charge on any atom is 0.231 e. The first-order chi connectivity index (χ1) is 17.6. The van der Waals surface area contributed by atoms with Crippen molar-refractivity contribution in [2.24, 2.45) is 7.05 Å². The second-order valence-corrected chi connectivity index (χ2v) is 9.40. The largest absolute Gasteiger partial charge is 0.454 e. The highest BCUT2D eigenvalue weighted by Gasteiger charge is 2.23. The molecular weight excluding hydrogens is 479 g/mol. The molecule has 0 unspecified atom stereocenters. The minimum Gasteiger partial charge on any atom is -0.454 e. The number of amides is 1. The van der Waals surface area contributed by atoms with Gasteiger partial charge in [0.1, 0.15) is 5.82 Å². The Morgan fingerprint density at radius 2 is 1.81 bits per heavy atom. The Balaban J connectivity index is 1.33. The highest BCUT2D eigenvalue weighted by Crippen LogP contribution is 2.32. The van der Waals surface area contributed by atoms with Gasteiger partial charge in [0, 0.05) is 12.8 Å². The number of thioether (sulfide) groups is 1. The Hall–Kier alpha value is -3.85. The van der Waals surface area contributed by atoms with Crippen molar-refractivity contribution >= 4 is 17.7 Å². The maximum absolute atomic E-state index is 14.0. The van der Waals surface area contributed by atoms with Crippen LogP contribution in [0.4, 0.5) is 4.39 Å². The number of carbonyl (C=O) groups is 1. The van der Waals surface area contributed by atoms with Gasteiger partial charge in [0.15, 0.2) is 22.5 Å². The fraction of sp³-hybridized carbons (Fsp3) is 0.222. The van der Waals surface area contributed by atoms with Crippen molar-refractivity contribution in [2.45, 2.75) is 29.8 Å². The van der Waals surface area contributed by atoms with Crippen LogP contribution in [0.25, 0.3) is 0 Å². The number of hydrogen-bond acceptors (Lipinski definition) is 6. The number of hydrogen-bond donors (Lipinski definition) is 1. The third kappa shape index (κ3) is 5.52. The van der Waals surface area contributed by atoms with Crippen molar-refractivity contribution in [3.63, 3.8) is 0 Å². The molecule has 2 heterocycles. The molecule has 36 heavy (non-hydrogen) atoms. The van der Waals surface area contributed by atoms with E-state index in [4.69, 9.17) is 9.47 Å². The summed E-state index contributed by atoms with van der Waals surface area (Å²) in [5.41, 5.74) is 2.49. The summed E-state index contributed by atoms with van der Waals surface area (Å²) in [6, 6.07) is 21.7. The summed E-state index contributed by atoms with van der Waals surface area (Å²) >= 11 is 1.40. The Labute approximate surface area is 212 Å². The van der Waals surface area contributed by atoms with Crippen molar-refractivity contribution in [3.05, 3.63) is 101 Å². The molecule has 0 radical (unpaired) electrons. The van der Waals surface area contributed by atoms with Crippen LogP contribution in [0.5, 0.6) is 11.5 Å². The van der Waals surface area contributed by atoms with E-state index in [0.717, 1.165) is 11.1 Å². The molecule has 0 fully saturated rings. The molecule has 0 aliphatic carbocycles. The van der Waals surface area contributed by atoms with Crippen molar-refractivity contribution in [3.8, 4) is 11.5 Å². The molecule has 4 aromatic rings. The van der Waals surface area contributed by atoms with Crippen LogP contribution in [0.2, 0.25) is 0 Å². The lowest BCUT2D eigenvalue weighted by Gasteiger charge is -2.19. The molecular formula is C27H25FN4O3S. The first-order valence-electron chi connectivity index (χ1n) is 11.5. The first-order valence-corrected chi connectivity index (χ1v) is 12.5. The van der Waals surface area contributed by atoms with Crippen LogP contribution >= 0.6 is 11.8 Å². The molecule has 5 rings (SSSR count). The number of carbonyl (C=O) groups excluding carboxylic acids is 1. The molecule has 0 spiro atoms. The van der Waals surface area contributed by atoms with E-state index in [1.165, 1.54) is 17.8 Å². The molecule has 1 aliphatic rings. The number of fused-ring (bicyclic) bond motifs is 1. The quantitative estimate of drug-likeness (QED) is 0.335. The number of nitrogens with zero attached hydrogens (tertiary/aromatic N) is 3. The summed E-state index contributed by atoms with van der Waals surface area (Å²) in [5, 5.41) is 12.5. The Morgan fingerprint density at radius 1 is 1.03 bits per heavy atom. The third-order valence-electron chi connectivity index (χ3n) is 5.91. The van der Waals surface area contributed by atoms with Gasteiger partial charge in [0.25, 0.3) is 0 Å². The summed E-state index contributed by atoms with van der Waals surface area (Å²) in [7, 11) is 1.86. The SMILES string of the molecule is Cn1c(SCc2ccccc2F)nnc1[C@H](Cc1ccccc1)NC(=O)Cc1ccc2c(c1)OCO2. The fourth-order valence-electron chi connectivity index (χ4n) is 4.05. The van der Waals surface area contributed by atoms with Crippen LogP contribution < -0.4 is 14.8 Å². The fourth-order valence-corrected chi connectivity index (χ4v) is 4.96. The molecule has 1 aliphatic heterocycles. The third-order valence-corrected chi connectivity index (χ3v) is 6.98. The van der Waals surface area contributed by atoms with E-state index >= 15 is 0 Å². The molecule has 3 aromatic carbocycles. The summed E-state index contributed by atoms with van der Waals surface area (Å²) in [5.74, 6) is 2.00. The Bertz CT molecular complexity index is 1360. The number of rotatable bonds is 9. The van der Waals surface area contributed by atoms with Crippen molar-refractivity contribution in [2.75, 3.05) is 6.79 Å². The van der Waals surface area contributed by atoms with E-state index in [0.29, 0.717) is 40.2 Å². The molecule has 1 atom stereocenters. The van der Waals surface area contributed by atoms with Crippen molar-refractivity contribution in [1.82, 2.24) is 20.1 Å². The Kier molecular flexibility index (Phi) is 7.18. The van der Waals surface area contributed by atoms with E-state index < -0.39 is 6.04 Å². The minimum atomic E-state index is -0.394. The van der Waals surface area contributed by atoms with Crippen LogP contribution in [0.15, 0.2) is 78.0 Å². The summed E-state index contributed by atoms with van der Waals surface area (Å²) < 4.78 is 26.7. The predicted octanol–water partition coefficient (Wildman–Crippen LogP) is 4.62. The lowest BCUT2D eigenvalue weighted by molar-refractivity contribution is -0.121.